The monoisotopic (exact) mass is 367 g/mol. The molecule has 0 radical (unpaired) electrons. The van der Waals surface area contributed by atoms with E-state index >= 15 is 0 Å². The predicted molar refractivity (Wildman–Crippen MR) is 98.3 cm³/mol. The minimum absolute atomic E-state index is 0.0164. The second-order valence-electron chi connectivity index (χ2n) is 6.08. The molecule has 26 heavy (non-hydrogen) atoms. The number of carbonyl (C=O) groups is 2. The van der Waals surface area contributed by atoms with E-state index < -0.39 is 0 Å². The van der Waals surface area contributed by atoms with Crippen LogP contribution in [0.15, 0.2) is 47.4 Å². The summed E-state index contributed by atoms with van der Waals surface area (Å²) in [6, 6.07) is 8.75. The Morgan fingerprint density at radius 2 is 2.08 bits per heavy atom. The summed E-state index contributed by atoms with van der Waals surface area (Å²) in [7, 11) is 0. The number of nitrogens with one attached hydrogen (secondary N) is 2. The Kier molecular flexibility index (Phi) is 4.49. The number of amides is 2. The van der Waals surface area contributed by atoms with E-state index in [2.05, 4.69) is 20.7 Å². The van der Waals surface area contributed by atoms with Crippen LogP contribution in [0.3, 0.4) is 0 Å². The molecule has 0 saturated carbocycles. The van der Waals surface area contributed by atoms with E-state index in [-0.39, 0.29) is 17.9 Å². The maximum atomic E-state index is 12.7. The van der Waals surface area contributed by atoms with Crippen molar-refractivity contribution in [3.05, 3.63) is 64.4 Å². The van der Waals surface area contributed by atoms with Crippen LogP contribution in [0.25, 0.3) is 0 Å². The Hall–Kier alpha value is -3.00. The van der Waals surface area contributed by atoms with E-state index in [1.807, 2.05) is 10.1 Å². The average molecular weight is 367 g/mol. The van der Waals surface area contributed by atoms with Gasteiger partial charge in [-0.1, -0.05) is 12.1 Å². The van der Waals surface area contributed by atoms with Crippen molar-refractivity contribution in [3.63, 3.8) is 0 Å². The molecule has 7 nitrogen and oxygen atoms in total. The number of aromatic nitrogens is 3. The van der Waals surface area contributed by atoms with E-state index in [1.165, 1.54) is 17.7 Å². The van der Waals surface area contributed by atoms with E-state index in [9.17, 15) is 9.59 Å². The lowest BCUT2D eigenvalue weighted by Gasteiger charge is -2.24. The van der Waals surface area contributed by atoms with E-state index in [1.54, 1.807) is 35.7 Å². The number of aryl methyl sites for hydroxylation is 1. The summed E-state index contributed by atoms with van der Waals surface area (Å²) in [5, 5.41) is 13.6. The molecule has 2 N–H and O–H groups in total. The number of nitrogens with zero attached hydrogens (tertiary/aromatic N) is 3. The minimum atomic E-state index is -0.226. The molecule has 1 aliphatic rings. The number of para-hydroxylation sites is 1. The lowest BCUT2D eigenvalue weighted by atomic mass is 10.1. The van der Waals surface area contributed by atoms with Gasteiger partial charge in [0.1, 0.15) is 12.2 Å². The van der Waals surface area contributed by atoms with Crippen molar-refractivity contribution in [1.29, 1.82) is 0 Å². The lowest BCUT2D eigenvalue weighted by Crippen LogP contribution is -2.41. The molecule has 0 aliphatic carbocycles. The Balaban J connectivity index is 1.47. The minimum Gasteiger partial charge on any atom is -0.347 e. The van der Waals surface area contributed by atoms with Gasteiger partial charge < -0.3 is 10.6 Å². The molecule has 0 saturated heterocycles. The van der Waals surface area contributed by atoms with Crippen LogP contribution >= 0.6 is 11.3 Å². The highest BCUT2D eigenvalue weighted by Crippen LogP contribution is 2.18. The van der Waals surface area contributed by atoms with E-state index in [0.717, 1.165) is 18.7 Å². The first-order valence-electron chi connectivity index (χ1n) is 8.31. The zero-order chi connectivity index (χ0) is 17.9. The van der Waals surface area contributed by atoms with Crippen LogP contribution in [0.1, 0.15) is 33.0 Å². The molecule has 0 bridgehead atoms. The summed E-state index contributed by atoms with van der Waals surface area (Å²) in [6.07, 6.45) is 3.13. The maximum absolute atomic E-state index is 12.7. The van der Waals surface area contributed by atoms with Crippen molar-refractivity contribution in [2.45, 2.75) is 25.4 Å². The van der Waals surface area contributed by atoms with Crippen molar-refractivity contribution >= 4 is 28.8 Å². The molecule has 1 atom stereocenters. The summed E-state index contributed by atoms with van der Waals surface area (Å²) >= 11 is 1.45. The molecule has 0 fully saturated rings. The SMILES string of the molecule is O=C(Nc1ccccc1C(=O)NC1CCc2ncnn2C1)c1ccsc1. The third-order valence-electron chi connectivity index (χ3n) is 4.34. The van der Waals surface area contributed by atoms with Crippen LogP contribution in [-0.2, 0) is 13.0 Å². The largest absolute Gasteiger partial charge is 0.347 e. The lowest BCUT2D eigenvalue weighted by molar-refractivity contribution is 0.0927. The molecule has 1 aliphatic heterocycles. The molecule has 3 aromatic rings. The quantitative estimate of drug-likeness (QED) is 0.741. The fourth-order valence-corrected chi connectivity index (χ4v) is 3.63. The van der Waals surface area contributed by atoms with Gasteiger partial charge in [-0.3, -0.25) is 9.59 Å². The standard InChI is InChI=1S/C18H17N5O2S/c24-17(12-7-8-26-10-12)22-15-4-2-1-3-14(15)18(25)21-13-5-6-16-19-11-20-23(16)9-13/h1-4,7-8,10-11,13H,5-6,9H2,(H,21,25)(H,22,24). The highest BCUT2D eigenvalue weighted by atomic mass is 32.1. The van der Waals surface area contributed by atoms with Crippen LogP contribution in [0.2, 0.25) is 0 Å². The predicted octanol–water partition coefficient (Wildman–Crippen LogP) is 2.34. The van der Waals surface area contributed by atoms with Crippen molar-refractivity contribution in [3.8, 4) is 0 Å². The first kappa shape index (κ1) is 16.5. The smallest absolute Gasteiger partial charge is 0.256 e. The Labute approximate surface area is 154 Å². The summed E-state index contributed by atoms with van der Waals surface area (Å²) in [4.78, 5) is 29.2. The highest BCUT2D eigenvalue weighted by molar-refractivity contribution is 7.08. The summed E-state index contributed by atoms with van der Waals surface area (Å²) in [5.74, 6) is 0.509. The molecule has 2 amide bonds. The van der Waals surface area contributed by atoms with Crippen LogP contribution in [0, 0.1) is 0 Å². The third kappa shape index (κ3) is 3.36. The van der Waals surface area contributed by atoms with Crippen LogP contribution in [0.4, 0.5) is 5.69 Å². The van der Waals surface area contributed by atoms with Gasteiger partial charge in [-0.05, 0) is 30.0 Å². The molecular weight excluding hydrogens is 350 g/mol. The maximum Gasteiger partial charge on any atom is 0.256 e. The molecule has 4 rings (SSSR count). The molecule has 3 heterocycles. The fraction of sp³-hybridized carbons (Fsp3) is 0.222. The summed E-state index contributed by atoms with van der Waals surface area (Å²) < 4.78 is 1.82. The number of anilines is 1. The van der Waals surface area contributed by atoms with Gasteiger partial charge in [0.05, 0.1) is 23.4 Å². The van der Waals surface area contributed by atoms with E-state index in [0.29, 0.717) is 23.4 Å². The van der Waals surface area contributed by atoms with Crippen LogP contribution in [-0.4, -0.2) is 32.6 Å². The second kappa shape index (κ2) is 7.09. The van der Waals surface area contributed by atoms with Gasteiger partial charge >= 0.3 is 0 Å². The van der Waals surface area contributed by atoms with Gasteiger partial charge in [0.25, 0.3) is 11.8 Å². The van der Waals surface area contributed by atoms with E-state index in [4.69, 9.17) is 0 Å². The van der Waals surface area contributed by atoms with Gasteiger partial charge in [-0.2, -0.15) is 16.4 Å². The first-order chi connectivity index (χ1) is 12.7. The van der Waals surface area contributed by atoms with Crippen molar-refractivity contribution in [1.82, 2.24) is 20.1 Å². The van der Waals surface area contributed by atoms with Gasteiger partial charge in [0, 0.05) is 17.8 Å². The molecule has 1 unspecified atom stereocenters. The number of carbonyl (C=O) groups excluding carboxylic acids is 2. The summed E-state index contributed by atoms with van der Waals surface area (Å²) in [6.45, 7) is 0.602. The average Bonchev–Trinajstić information content (AvgIpc) is 3.33. The number of hydrogen-bond acceptors (Lipinski definition) is 5. The zero-order valence-electron chi connectivity index (χ0n) is 13.9. The number of benzene rings is 1. The van der Waals surface area contributed by atoms with Crippen molar-refractivity contribution in [2.75, 3.05) is 5.32 Å². The Bertz CT molecular complexity index is 935. The van der Waals surface area contributed by atoms with Crippen molar-refractivity contribution in [2.24, 2.45) is 0 Å². The normalized spacial score (nSPS) is 15.9. The number of fused-ring (bicyclic) bond motifs is 1. The third-order valence-corrected chi connectivity index (χ3v) is 5.03. The molecule has 1 aromatic carbocycles. The van der Waals surface area contributed by atoms with Gasteiger partial charge in [0.15, 0.2) is 0 Å². The second-order valence-corrected chi connectivity index (χ2v) is 6.86. The van der Waals surface area contributed by atoms with Crippen LogP contribution in [0.5, 0.6) is 0 Å². The molecule has 0 spiro atoms. The number of hydrogen-bond donors (Lipinski definition) is 2. The van der Waals surface area contributed by atoms with Gasteiger partial charge in [-0.25, -0.2) is 9.67 Å². The fourth-order valence-electron chi connectivity index (χ4n) is 3.00. The Morgan fingerprint density at radius 3 is 2.92 bits per heavy atom. The number of rotatable bonds is 4. The highest BCUT2D eigenvalue weighted by Gasteiger charge is 2.23. The van der Waals surface area contributed by atoms with Gasteiger partial charge in [0.2, 0.25) is 0 Å². The topological polar surface area (TPSA) is 88.9 Å². The van der Waals surface area contributed by atoms with Gasteiger partial charge in [-0.15, -0.1) is 0 Å². The molecule has 2 aromatic heterocycles. The van der Waals surface area contributed by atoms with Crippen molar-refractivity contribution < 1.29 is 9.59 Å². The van der Waals surface area contributed by atoms with Crippen LogP contribution < -0.4 is 10.6 Å². The number of thiophene rings is 1. The zero-order valence-corrected chi connectivity index (χ0v) is 14.7. The molecule has 132 valence electrons. The Morgan fingerprint density at radius 1 is 1.19 bits per heavy atom. The molecule has 8 heteroatoms. The summed E-state index contributed by atoms with van der Waals surface area (Å²) in [5.41, 5.74) is 1.52. The molecular formula is C18H17N5O2S. The first-order valence-corrected chi connectivity index (χ1v) is 9.25.